The smallest absolute Gasteiger partial charge is 0.164 e. The molecule has 2 heteroatoms. The number of carbonyl (C=O) groups is 1. The van der Waals surface area contributed by atoms with Gasteiger partial charge in [0.2, 0.25) is 0 Å². The molecule has 0 bridgehead atoms. The number of carbonyl (C=O) groups excluding carboxylic acids is 1. The molecule has 108 valence electrons. The molecule has 2 nitrogen and oxygen atoms in total. The molecule has 0 saturated heterocycles. The average Bonchev–Trinajstić information content (AvgIpc) is 2.84. The van der Waals surface area contributed by atoms with E-state index < -0.39 is 0 Å². The second-order valence-electron chi connectivity index (χ2n) is 6.40. The summed E-state index contributed by atoms with van der Waals surface area (Å²) >= 11 is 0. The first-order valence-corrected chi connectivity index (χ1v) is 8.07. The molecule has 0 spiro atoms. The van der Waals surface area contributed by atoms with E-state index in [0.717, 1.165) is 24.8 Å². The van der Waals surface area contributed by atoms with Gasteiger partial charge in [0.25, 0.3) is 0 Å². The SMILES string of the molecule is Cc1cc2c(n1C1CCCc3ccccc31)CCCC2=O. The van der Waals surface area contributed by atoms with E-state index in [9.17, 15) is 4.79 Å². The Balaban J connectivity index is 1.87. The van der Waals surface area contributed by atoms with Crippen LogP contribution in [0.2, 0.25) is 0 Å². The third-order valence-electron chi connectivity index (χ3n) is 5.10. The minimum Gasteiger partial charge on any atom is -0.341 e. The topological polar surface area (TPSA) is 22.0 Å². The monoisotopic (exact) mass is 279 g/mol. The number of hydrogen-bond donors (Lipinski definition) is 0. The van der Waals surface area contributed by atoms with Crippen molar-refractivity contribution < 1.29 is 4.79 Å². The summed E-state index contributed by atoms with van der Waals surface area (Å²) in [6.45, 7) is 2.16. The fourth-order valence-electron chi connectivity index (χ4n) is 4.18. The molecule has 0 saturated carbocycles. The number of fused-ring (bicyclic) bond motifs is 2. The average molecular weight is 279 g/mol. The highest BCUT2D eigenvalue weighted by atomic mass is 16.1. The summed E-state index contributed by atoms with van der Waals surface area (Å²) in [5.41, 5.74) is 6.46. The maximum Gasteiger partial charge on any atom is 0.164 e. The number of nitrogens with zero attached hydrogens (tertiary/aromatic N) is 1. The lowest BCUT2D eigenvalue weighted by atomic mass is 9.87. The molecule has 1 heterocycles. The van der Waals surface area contributed by atoms with E-state index in [1.54, 1.807) is 0 Å². The maximum atomic E-state index is 12.2. The van der Waals surface area contributed by atoms with Crippen molar-refractivity contribution in [3.05, 3.63) is 58.4 Å². The van der Waals surface area contributed by atoms with Crippen LogP contribution in [0, 0.1) is 6.92 Å². The zero-order valence-corrected chi connectivity index (χ0v) is 12.6. The van der Waals surface area contributed by atoms with Crippen molar-refractivity contribution in [3.63, 3.8) is 0 Å². The van der Waals surface area contributed by atoms with Gasteiger partial charge in [0.05, 0.1) is 6.04 Å². The molecule has 1 atom stereocenters. The van der Waals surface area contributed by atoms with E-state index in [1.165, 1.54) is 41.8 Å². The molecule has 0 N–H and O–H groups in total. The molecule has 1 unspecified atom stereocenters. The normalized spacial score (nSPS) is 21.0. The highest BCUT2D eigenvalue weighted by Crippen LogP contribution is 2.37. The zero-order chi connectivity index (χ0) is 14.4. The van der Waals surface area contributed by atoms with Crippen molar-refractivity contribution in [1.82, 2.24) is 4.57 Å². The van der Waals surface area contributed by atoms with Gasteiger partial charge in [0.15, 0.2) is 5.78 Å². The van der Waals surface area contributed by atoms with Crippen LogP contribution in [0.1, 0.15) is 64.6 Å². The van der Waals surface area contributed by atoms with Gasteiger partial charge in [-0.15, -0.1) is 0 Å². The van der Waals surface area contributed by atoms with Crippen LogP contribution in [-0.4, -0.2) is 10.4 Å². The summed E-state index contributed by atoms with van der Waals surface area (Å²) < 4.78 is 2.46. The number of Topliss-reactive ketones (excluding diaryl/α,β-unsaturated/α-hetero) is 1. The lowest BCUT2D eigenvalue weighted by Gasteiger charge is -2.30. The molecule has 0 radical (unpaired) electrons. The van der Waals surface area contributed by atoms with Gasteiger partial charge in [-0.05, 0) is 56.2 Å². The molecule has 1 aromatic carbocycles. The van der Waals surface area contributed by atoms with Gasteiger partial charge in [0, 0.05) is 23.4 Å². The summed E-state index contributed by atoms with van der Waals surface area (Å²) in [4.78, 5) is 12.2. The molecule has 21 heavy (non-hydrogen) atoms. The van der Waals surface area contributed by atoms with Gasteiger partial charge in [-0.3, -0.25) is 4.79 Å². The molecular weight excluding hydrogens is 258 g/mol. The van der Waals surface area contributed by atoms with Crippen LogP contribution >= 0.6 is 0 Å². The molecular formula is C19H21NO. The van der Waals surface area contributed by atoms with E-state index >= 15 is 0 Å². The first-order valence-electron chi connectivity index (χ1n) is 8.07. The Hall–Kier alpha value is -1.83. The molecule has 0 aliphatic heterocycles. The minimum absolute atomic E-state index is 0.335. The quantitative estimate of drug-likeness (QED) is 0.765. The van der Waals surface area contributed by atoms with Crippen LogP contribution in [0.3, 0.4) is 0 Å². The van der Waals surface area contributed by atoms with Gasteiger partial charge < -0.3 is 4.57 Å². The Morgan fingerprint density at radius 2 is 1.95 bits per heavy atom. The highest BCUT2D eigenvalue weighted by Gasteiger charge is 2.29. The standard InChI is InChI=1S/C19H21NO/c1-13-12-16-18(10-5-11-19(16)21)20(13)17-9-4-7-14-6-2-3-8-15(14)17/h2-3,6,8,12,17H,4-5,7,9-11H2,1H3. The van der Waals surface area contributed by atoms with Crippen LogP contribution in [0.15, 0.2) is 30.3 Å². The summed E-state index contributed by atoms with van der Waals surface area (Å²) in [6, 6.07) is 11.4. The molecule has 2 aliphatic carbocycles. The van der Waals surface area contributed by atoms with Gasteiger partial charge in [-0.25, -0.2) is 0 Å². The van der Waals surface area contributed by atoms with Crippen molar-refractivity contribution in [1.29, 1.82) is 0 Å². The first kappa shape index (κ1) is 12.9. The highest BCUT2D eigenvalue weighted by molar-refractivity contribution is 5.98. The van der Waals surface area contributed by atoms with E-state index in [0.29, 0.717) is 11.8 Å². The predicted octanol–water partition coefficient (Wildman–Crippen LogP) is 4.24. The second-order valence-corrected chi connectivity index (χ2v) is 6.40. The maximum absolute atomic E-state index is 12.2. The number of benzene rings is 1. The van der Waals surface area contributed by atoms with Crippen LogP contribution in [0.25, 0.3) is 0 Å². The Morgan fingerprint density at radius 1 is 1.10 bits per heavy atom. The summed E-state index contributed by atoms with van der Waals surface area (Å²) in [6.07, 6.45) is 6.39. The lowest BCUT2D eigenvalue weighted by Crippen LogP contribution is -2.22. The Morgan fingerprint density at radius 3 is 2.86 bits per heavy atom. The predicted molar refractivity (Wildman–Crippen MR) is 84.0 cm³/mol. The molecule has 2 aliphatic rings. The van der Waals surface area contributed by atoms with Crippen molar-refractivity contribution >= 4 is 5.78 Å². The van der Waals surface area contributed by atoms with Gasteiger partial charge in [0.1, 0.15) is 0 Å². The lowest BCUT2D eigenvalue weighted by molar-refractivity contribution is 0.0971. The Kier molecular flexibility index (Phi) is 2.99. The largest absolute Gasteiger partial charge is 0.341 e. The van der Waals surface area contributed by atoms with Crippen LogP contribution in [0.5, 0.6) is 0 Å². The van der Waals surface area contributed by atoms with E-state index in [-0.39, 0.29) is 0 Å². The van der Waals surface area contributed by atoms with Crippen molar-refractivity contribution in [2.45, 2.75) is 51.5 Å². The molecule has 0 fully saturated rings. The summed E-state index contributed by atoms with van der Waals surface area (Å²) in [5.74, 6) is 0.335. The zero-order valence-electron chi connectivity index (χ0n) is 12.6. The van der Waals surface area contributed by atoms with Gasteiger partial charge >= 0.3 is 0 Å². The van der Waals surface area contributed by atoms with Crippen molar-refractivity contribution in [2.75, 3.05) is 0 Å². The molecule has 2 aromatic rings. The second kappa shape index (κ2) is 4.87. The number of ketones is 1. The third kappa shape index (κ3) is 1.97. The van der Waals surface area contributed by atoms with E-state index in [4.69, 9.17) is 0 Å². The van der Waals surface area contributed by atoms with Crippen molar-refractivity contribution in [2.24, 2.45) is 0 Å². The van der Waals surface area contributed by atoms with E-state index in [2.05, 4.69) is 41.8 Å². The minimum atomic E-state index is 0.335. The number of aryl methyl sites for hydroxylation is 2. The van der Waals surface area contributed by atoms with E-state index in [1.807, 2.05) is 0 Å². The number of hydrogen-bond acceptors (Lipinski definition) is 1. The molecule has 0 amide bonds. The number of aromatic nitrogens is 1. The number of rotatable bonds is 1. The third-order valence-corrected chi connectivity index (χ3v) is 5.10. The summed E-state index contributed by atoms with van der Waals surface area (Å²) in [5, 5.41) is 0. The fraction of sp³-hybridized carbons (Fsp3) is 0.421. The van der Waals surface area contributed by atoms with Crippen LogP contribution < -0.4 is 0 Å². The van der Waals surface area contributed by atoms with Crippen LogP contribution in [0.4, 0.5) is 0 Å². The fourth-order valence-corrected chi connectivity index (χ4v) is 4.18. The Bertz CT molecular complexity index is 710. The summed E-state index contributed by atoms with van der Waals surface area (Å²) in [7, 11) is 0. The first-order chi connectivity index (χ1) is 10.3. The van der Waals surface area contributed by atoms with Crippen LogP contribution in [-0.2, 0) is 12.8 Å². The van der Waals surface area contributed by atoms with Crippen molar-refractivity contribution in [3.8, 4) is 0 Å². The molecule has 1 aromatic heterocycles. The van der Waals surface area contributed by atoms with Gasteiger partial charge in [-0.1, -0.05) is 24.3 Å². The van der Waals surface area contributed by atoms with Gasteiger partial charge in [-0.2, -0.15) is 0 Å². The molecule has 4 rings (SSSR count). The Labute approximate surface area is 125 Å².